The Hall–Kier alpha value is -3.62. The van der Waals surface area contributed by atoms with Crippen LogP contribution in [0.1, 0.15) is 33.6 Å². The van der Waals surface area contributed by atoms with Crippen molar-refractivity contribution in [1.29, 1.82) is 0 Å². The first kappa shape index (κ1) is 18.2. The van der Waals surface area contributed by atoms with E-state index >= 15 is 0 Å². The molecule has 0 atom stereocenters. The highest BCUT2D eigenvalue weighted by Gasteiger charge is 2.30. The molecule has 9 nitrogen and oxygen atoms in total. The van der Waals surface area contributed by atoms with Gasteiger partial charge in [-0.05, 0) is 25.0 Å². The maximum Gasteiger partial charge on any atom is 0.339 e. The van der Waals surface area contributed by atoms with Crippen molar-refractivity contribution in [1.82, 2.24) is 4.98 Å². The minimum atomic E-state index is -1.15. The van der Waals surface area contributed by atoms with Crippen molar-refractivity contribution < 1.29 is 24.2 Å². The number of para-hydroxylation sites is 1. The SMILES string of the molecule is COc1c(Nc2cc(NC(=O)C3CC3)ncc2C(N)=O)cccc1C(=O)O. The van der Waals surface area contributed by atoms with E-state index in [1.165, 1.54) is 31.5 Å². The highest BCUT2D eigenvalue weighted by molar-refractivity contribution is 6.01. The normalized spacial score (nSPS) is 12.9. The summed E-state index contributed by atoms with van der Waals surface area (Å²) in [6.07, 6.45) is 2.94. The minimum absolute atomic E-state index is 0.00799. The van der Waals surface area contributed by atoms with Gasteiger partial charge >= 0.3 is 5.97 Å². The summed E-state index contributed by atoms with van der Waals surface area (Å²) in [5.41, 5.74) is 6.03. The van der Waals surface area contributed by atoms with Crippen molar-refractivity contribution in [2.24, 2.45) is 11.7 Å². The number of hydrogen-bond acceptors (Lipinski definition) is 6. The summed E-state index contributed by atoms with van der Waals surface area (Å²) in [5, 5.41) is 14.9. The lowest BCUT2D eigenvalue weighted by Crippen LogP contribution is -2.17. The molecule has 9 heteroatoms. The number of anilines is 3. The number of hydrogen-bond donors (Lipinski definition) is 4. The molecule has 0 aliphatic heterocycles. The zero-order chi connectivity index (χ0) is 19.6. The number of nitrogens with one attached hydrogen (secondary N) is 2. The standard InChI is InChI=1S/C18H18N4O5/c1-27-15-10(18(25)26)3-2-4-12(15)21-13-7-14(20-8-11(13)16(19)23)22-17(24)9-5-6-9/h2-4,7-9H,5-6H2,1H3,(H2,19,23)(H,25,26)(H2,20,21,22,24). The van der Waals surface area contributed by atoms with Gasteiger partial charge in [0.1, 0.15) is 11.4 Å². The predicted molar refractivity (Wildman–Crippen MR) is 97.3 cm³/mol. The molecule has 2 aromatic rings. The molecule has 1 fully saturated rings. The van der Waals surface area contributed by atoms with Gasteiger partial charge in [-0.2, -0.15) is 0 Å². The average molecular weight is 370 g/mol. The molecule has 0 radical (unpaired) electrons. The predicted octanol–water partition coefficient (Wildman–Crippen LogP) is 1.98. The van der Waals surface area contributed by atoms with Crippen LogP contribution in [0, 0.1) is 5.92 Å². The van der Waals surface area contributed by atoms with Gasteiger partial charge in [-0.25, -0.2) is 9.78 Å². The number of aromatic nitrogens is 1. The monoisotopic (exact) mass is 370 g/mol. The third kappa shape index (κ3) is 3.97. The van der Waals surface area contributed by atoms with Crippen molar-refractivity contribution in [2.75, 3.05) is 17.7 Å². The molecule has 1 aliphatic rings. The van der Waals surface area contributed by atoms with Gasteiger partial charge in [0, 0.05) is 18.2 Å². The number of carboxylic acids is 1. The van der Waals surface area contributed by atoms with Crippen molar-refractivity contribution in [3.8, 4) is 5.75 Å². The molecule has 5 N–H and O–H groups in total. The highest BCUT2D eigenvalue weighted by Crippen LogP contribution is 2.34. The Labute approximate surface area is 154 Å². The summed E-state index contributed by atoms with van der Waals surface area (Å²) in [7, 11) is 1.34. The van der Waals surface area contributed by atoms with E-state index in [4.69, 9.17) is 10.5 Å². The Kier molecular flexibility index (Phi) is 4.93. The number of nitrogens with two attached hydrogens (primary N) is 1. The van der Waals surface area contributed by atoms with E-state index in [2.05, 4.69) is 15.6 Å². The first-order valence-electron chi connectivity index (χ1n) is 8.18. The van der Waals surface area contributed by atoms with Gasteiger partial charge in [-0.1, -0.05) is 6.07 Å². The van der Waals surface area contributed by atoms with Gasteiger partial charge in [0.15, 0.2) is 5.75 Å². The Balaban J connectivity index is 1.97. The molecule has 1 heterocycles. The number of aromatic carboxylic acids is 1. The van der Waals surface area contributed by atoms with Crippen LogP contribution in [0.5, 0.6) is 5.75 Å². The molecule has 1 aromatic carbocycles. The van der Waals surface area contributed by atoms with Crippen LogP contribution in [0.4, 0.5) is 17.2 Å². The number of carbonyl (C=O) groups excluding carboxylic acids is 2. The van der Waals surface area contributed by atoms with E-state index in [0.717, 1.165) is 12.8 Å². The molecule has 1 saturated carbocycles. The van der Waals surface area contributed by atoms with Crippen molar-refractivity contribution in [2.45, 2.75) is 12.8 Å². The zero-order valence-corrected chi connectivity index (χ0v) is 14.5. The Morgan fingerprint density at radius 2 is 1.96 bits per heavy atom. The summed E-state index contributed by atoms with van der Waals surface area (Å²) < 4.78 is 5.20. The number of carboxylic acid groups (broad SMARTS) is 1. The molecular formula is C18H18N4O5. The van der Waals surface area contributed by atoms with Gasteiger partial charge in [-0.15, -0.1) is 0 Å². The van der Waals surface area contributed by atoms with E-state index in [9.17, 15) is 19.5 Å². The zero-order valence-electron chi connectivity index (χ0n) is 14.5. The van der Waals surface area contributed by atoms with Crippen LogP contribution in [0.25, 0.3) is 0 Å². The summed E-state index contributed by atoms with van der Waals surface area (Å²) in [6.45, 7) is 0. The third-order valence-electron chi connectivity index (χ3n) is 4.09. The fraction of sp³-hybridized carbons (Fsp3) is 0.222. The molecule has 3 rings (SSSR count). The Morgan fingerprint density at radius 3 is 2.56 bits per heavy atom. The number of rotatable bonds is 7. The second-order valence-electron chi connectivity index (χ2n) is 6.06. The second kappa shape index (κ2) is 7.32. The summed E-state index contributed by atoms with van der Waals surface area (Å²) in [5.74, 6) is -1.66. The van der Waals surface area contributed by atoms with E-state index in [0.29, 0.717) is 5.69 Å². The topological polar surface area (TPSA) is 144 Å². The number of pyridine rings is 1. The van der Waals surface area contributed by atoms with Crippen LogP contribution in [0.2, 0.25) is 0 Å². The molecule has 2 amide bonds. The van der Waals surface area contributed by atoms with Crippen molar-refractivity contribution >= 4 is 35.0 Å². The molecular weight excluding hydrogens is 352 g/mol. The summed E-state index contributed by atoms with van der Waals surface area (Å²) in [6, 6.07) is 6.00. The largest absolute Gasteiger partial charge is 0.494 e. The van der Waals surface area contributed by atoms with Crippen LogP contribution in [0.3, 0.4) is 0 Å². The van der Waals surface area contributed by atoms with E-state index in [1.54, 1.807) is 6.07 Å². The van der Waals surface area contributed by atoms with E-state index < -0.39 is 11.9 Å². The molecule has 0 bridgehead atoms. The van der Waals surface area contributed by atoms with Gasteiger partial charge in [0.05, 0.1) is 24.0 Å². The number of ether oxygens (including phenoxy) is 1. The summed E-state index contributed by atoms with van der Waals surface area (Å²) >= 11 is 0. The minimum Gasteiger partial charge on any atom is -0.494 e. The molecule has 0 unspecified atom stereocenters. The smallest absolute Gasteiger partial charge is 0.339 e. The molecule has 0 spiro atoms. The molecule has 1 aliphatic carbocycles. The van der Waals surface area contributed by atoms with E-state index in [-0.39, 0.29) is 40.2 Å². The van der Waals surface area contributed by atoms with Gasteiger partial charge in [0.25, 0.3) is 5.91 Å². The average Bonchev–Trinajstić information content (AvgIpc) is 3.46. The van der Waals surface area contributed by atoms with Crippen molar-refractivity contribution in [3.05, 3.63) is 41.6 Å². The number of amides is 2. The molecule has 1 aromatic heterocycles. The fourth-order valence-corrected chi connectivity index (χ4v) is 2.57. The number of benzene rings is 1. The van der Waals surface area contributed by atoms with Crippen molar-refractivity contribution in [3.63, 3.8) is 0 Å². The van der Waals surface area contributed by atoms with Crippen LogP contribution < -0.4 is 21.1 Å². The maximum absolute atomic E-state index is 11.9. The van der Waals surface area contributed by atoms with Gasteiger partial charge in [0.2, 0.25) is 5.91 Å². The van der Waals surface area contributed by atoms with Crippen LogP contribution in [-0.4, -0.2) is 35.0 Å². The highest BCUT2D eigenvalue weighted by atomic mass is 16.5. The van der Waals surface area contributed by atoms with Crippen LogP contribution in [-0.2, 0) is 4.79 Å². The number of carbonyl (C=O) groups is 3. The molecule has 27 heavy (non-hydrogen) atoms. The Bertz CT molecular complexity index is 924. The van der Waals surface area contributed by atoms with Gasteiger partial charge in [-0.3, -0.25) is 9.59 Å². The first-order chi connectivity index (χ1) is 12.9. The lowest BCUT2D eigenvalue weighted by Gasteiger charge is -2.16. The fourth-order valence-electron chi connectivity index (χ4n) is 2.57. The van der Waals surface area contributed by atoms with Gasteiger partial charge < -0.3 is 26.2 Å². The number of nitrogens with zero attached hydrogens (tertiary/aromatic N) is 1. The lowest BCUT2D eigenvalue weighted by atomic mass is 10.1. The van der Waals surface area contributed by atoms with E-state index in [1.807, 2.05) is 0 Å². The summed E-state index contributed by atoms with van der Waals surface area (Å²) in [4.78, 5) is 39.1. The number of methoxy groups -OCH3 is 1. The van der Waals surface area contributed by atoms with Crippen LogP contribution >= 0.6 is 0 Å². The Morgan fingerprint density at radius 1 is 1.22 bits per heavy atom. The van der Waals surface area contributed by atoms with Crippen LogP contribution in [0.15, 0.2) is 30.5 Å². The quantitative estimate of drug-likeness (QED) is 0.583. The second-order valence-corrected chi connectivity index (χ2v) is 6.06. The maximum atomic E-state index is 11.9. The number of primary amides is 1. The molecule has 0 saturated heterocycles. The lowest BCUT2D eigenvalue weighted by molar-refractivity contribution is -0.117. The third-order valence-corrected chi connectivity index (χ3v) is 4.09. The first-order valence-corrected chi connectivity index (χ1v) is 8.18. The molecule has 140 valence electrons.